The molecule has 0 radical (unpaired) electrons. The van der Waals surface area contributed by atoms with Crippen LogP contribution in [0.3, 0.4) is 0 Å². The van der Waals surface area contributed by atoms with Crippen LogP contribution in [0.2, 0.25) is 0 Å². The van der Waals surface area contributed by atoms with Gasteiger partial charge in [-0.25, -0.2) is 0 Å². The van der Waals surface area contributed by atoms with Gasteiger partial charge in [0.2, 0.25) is 5.91 Å². The van der Waals surface area contributed by atoms with Crippen molar-refractivity contribution in [1.82, 2.24) is 10.6 Å². The van der Waals surface area contributed by atoms with Gasteiger partial charge in [0, 0.05) is 31.1 Å². The van der Waals surface area contributed by atoms with E-state index in [2.05, 4.69) is 29.7 Å². The molecule has 0 saturated carbocycles. The molecule has 6 nitrogen and oxygen atoms in total. The third-order valence-corrected chi connectivity index (χ3v) is 5.82. The molecular weight excluding hydrogens is 428 g/mol. The van der Waals surface area contributed by atoms with Crippen molar-refractivity contribution in [2.24, 2.45) is 0 Å². The van der Waals surface area contributed by atoms with Gasteiger partial charge < -0.3 is 26.0 Å². The van der Waals surface area contributed by atoms with E-state index < -0.39 is 6.10 Å². The van der Waals surface area contributed by atoms with Crippen LogP contribution in [-0.2, 0) is 30.8 Å². The molecule has 0 aromatic heterocycles. The Morgan fingerprint density at radius 1 is 0.941 bits per heavy atom. The number of aryl methyl sites for hydroxylation is 1. The summed E-state index contributed by atoms with van der Waals surface area (Å²) in [6.45, 7) is 2.69. The van der Waals surface area contributed by atoms with Crippen LogP contribution in [0.4, 0.5) is 0 Å². The average Bonchev–Trinajstić information content (AvgIpc) is 2.86. The second kappa shape index (κ2) is 12.9. The lowest BCUT2D eigenvalue weighted by Crippen LogP contribution is -2.32. The zero-order valence-electron chi connectivity index (χ0n) is 19.6. The second-order valence-corrected chi connectivity index (χ2v) is 8.66. The molecule has 6 heteroatoms. The molecular formula is C28H34N2O4. The van der Waals surface area contributed by atoms with Crippen LogP contribution in [0.25, 0.3) is 0 Å². The van der Waals surface area contributed by atoms with E-state index in [0.717, 1.165) is 17.5 Å². The molecule has 34 heavy (non-hydrogen) atoms. The second-order valence-electron chi connectivity index (χ2n) is 8.66. The number of aliphatic hydroxyl groups excluding tert-OH is 2. The van der Waals surface area contributed by atoms with Gasteiger partial charge >= 0.3 is 0 Å². The summed E-state index contributed by atoms with van der Waals surface area (Å²) >= 11 is 0. The molecule has 0 heterocycles. The fourth-order valence-corrected chi connectivity index (χ4v) is 3.85. The van der Waals surface area contributed by atoms with Crippen molar-refractivity contribution in [3.05, 3.63) is 101 Å². The minimum Gasteiger partial charge on any atom is -0.508 e. The maximum absolute atomic E-state index is 12.2. The summed E-state index contributed by atoms with van der Waals surface area (Å²) in [6, 6.07) is 23.0. The van der Waals surface area contributed by atoms with Crippen LogP contribution >= 0.6 is 0 Å². The van der Waals surface area contributed by atoms with Crippen molar-refractivity contribution < 1.29 is 20.1 Å². The van der Waals surface area contributed by atoms with Gasteiger partial charge in [-0.15, -0.1) is 0 Å². The van der Waals surface area contributed by atoms with Crippen LogP contribution in [0, 0.1) is 0 Å². The third-order valence-electron chi connectivity index (χ3n) is 5.82. The molecule has 0 fully saturated rings. The molecule has 0 unspecified atom stereocenters. The Morgan fingerprint density at radius 3 is 2.44 bits per heavy atom. The van der Waals surface area contributed by atoms with Crippen LogP contribution in [0.5, 0.6) is 5.75 Å². The van der Waals surface area contributed by atoms with Crippen molar-refractivity contribution in [3.8, 4) is 5.75 Å². The van der Waals surface area contributed by atoms with E-state index in [9.17, 15) is 20.1 Å². The van der Waals surface area contributed by atoms with Crippen molar-refractivity contribution in [2.45, 2.75) is 51.5 Å². The molecule has 3 aromatic rings. The number of phenols is 1. The molecule has 0 aliphatic heterocycles. The molecule has 0 bridgehead atoms. The van der Waals surface area contributed by atoms with E-state index in [-0.39, 0.29) is 24.3 Å². The van der Waals surface area contributed by atoms with E-state index in [1.165, 1.54) is 11.6 Å². The molecule has 1 amide bonds. The molecule has 2 atom stereocenters. The summed E-state index contributed by atoms with van der Waals surface area (Å²) in [5.74, 6) is 0.0604. The van der Waals surface area contributed by atoms with Gasteiger partial charge in [-0.05, 0) is 54.2 Å². The minimum atomic E-state index is -0.742. The number of carbonyl (C=O) groups excluding carboxylic acids is 1. The van der Waals surface area contributed by atoms with E-state index in [0.29, 0.717) is 37.1 Å². The Hall–Kier alpha value is -3.19. The van der Waals surface area contributed by atoms with Gasteiger partial charge in [0.15, 0.2) is 0 Å². The maximum Gasteiger partial charge on any atom is 0.220 e. The fraction of sp³-hybridized carbons (Fsp3) is 0.321. The number of carbonyl (C=O) groups is 1. The molecule has 0 spiro atoms. The Kier molecular flexibility index (Phi) is 9.64. The first-order chi connectivity index (χ1) is 16.4. The highest BCUT2D eigenvalue weighted by atomic mass is 16.3. The molecule has 180 valence electrons. The quantitative estimate of drug-likeness (QED) is 0.284. The van der Waals surface area contributed by atoms with E-state index in [4.69, 9.17) is 0 Å². The predicted molar refractivity (Wildman–Crippen MR) is 133 cm³/mol. The Morgan fingerprint density at radius 2 is 1.68 bits per heavy atom. The molecule has 5 N–H and O–H groups in total. The van der Waals surface area contributed by atoms with Crippen LogP contribution in [0.1, 0.15) is 47.3 Å². The molecule has 0 aliphatic carbocycles. The van der Waals surface area contributed by atoms with E-state index in [1.807, 2.05) is 42.5 Å². The van der Waals surface area contributed by atoms with Crippen molar-refractivity contribution >= 4 is 5.91 Å². The summed E-state index contributed by atoms with van der Waals surface area (Å²) in [5.41, 5.74) is 4.43. The normalized spacial score (nSPS) is 12.8. The van der Waals surface area contributed by atoms with Gasteiger partial charge in [-0.1, -0.05) is 60.7 Å². The van der Waals surface area contributed by atoms with Crippen LogP contribution in [0.15, 0.2) is 72.8 Å². The number of rotatable bonds is 12. The number of benzene rings is 3. The summed E-state index contributed by atoms with van der Waals surface area (Å²) in [6.07, 6.45) is 1.18. The maximum atomic E-state index is 12.2. The SMILES string of the molecule is C[C@H](Cc1cccc(CCC(=O)NCc2ccccc2)c1)NC[C@@H](O)c1ccc(O)c(CO)c1. The van der Waals surface area contributed by atoms with Gasteiger partial charge in [0.05, 0.1) is 12.7 Å². The van der Waals surface area contributed by atoms with Gasteiger partial charge in [0.25, 0.3) is 0 Å². The Balaban J connectivity index is 1.43. The highest BCUT2D eigenvalue weighted by molar-refractivity contribution is 5.76. The molecule has 0 aliphatic rings. The van der Waals surface area contributed by atoms with E-state index >= 15 is 0 Å². The molecule has 3 aromatic carbocycles. The average molecular weight is 463 g/mol. The number of aliphatic hydroxyl groups is 2. The monoisotopic (exact) mass is 462 g/mol. The van der Waals surface area contributed by atoms with Crippen molar-refractivity contribution in [3.63, 3.8) is 0 Å². The number of nitrogens with one attached hydrogen (secondary N) is 2. The lowest BCUT2D eigenvalue weighted by atomic mass is 10.0. The summed E-state index contributed by atoms with van der Waals surface area (Å²) in [4.78, 5) is 12.2. The highest BCUT2D eigenvalue weighted by Crippen LogP contribution is 2.22. The predicted octanol–water partition coefficient (Wildman–Crippen LogP) is 3.39. The number of aromatic hydroxyl groups is 1. The number of hydrogen-bond donors (Lipinski definition) is 5. The lowest BCUT2D eigenvalue weighted by molar-refractivity contribution is -0.121. The van der Waals surface area contributed by atoms with Crippen LogP contribution in [-0.4, -0.2) is 33.8 Å². The Bertz CT molecular complexity index is 1060. The van der Waals surface area contributed by atoms with Gasteiger partial charge in [-0.3, -0.25) is 4.79 Å². The topological polar surface area (TPSA) is 102 Å². The first kappa shape index (κ1) is 25.4. The van der Waals surface area contributed by atoms with Gasteiger partial charge in [-0.2, -0.15) is 0 Å². The zero-order valence-corrected chi connectivity index (χ0v) is 19.6. The van der Waals surface area contributed by atoms with Crippen molar-refractivity contribution in [1.29, 1.82) is 0 Å². The summed E-state index contributed by atoms with van der Waals surface area (Å²) in [7, 11) is 0. The highest BCUT2D eigenvalue weighted by Gasteiger charge is 2.12. The smallest absolute Gasteiger partial charge is 0.220 e. The Labute approximate surface area is 201 Å². The number of amides is 1. The van der Waals surface area contributed by atoms with Crippen LogP contribution < -0.4 is 10.6 Å². The largest absolute Gasteiger partial charge is 0.508 e. The van der Waals surface area contributed by atoms with Gasteiger partial charge in [0.1, 0.15) is 5.75 Å². The standard InChI is InChI=1S/C28H34N2O4/c1-20(29-18-27(33)24-11-12-26(32)25(16-24)19-31)14-23-9-5-8-21(15-23)10-13-28(34)30-17-22-6-3-2-4-7-22/h2-9,11-12,15-16,20,27,29,31-33H,10,13-14,17-19H2,1H3,(H,30,34)/t20-,27-/m1/s1. The molecule has 3 rings (SSSR count). The molecule has 0 saturated heterocycles. The summed E-state index contributed by atoms with van der Waals surface area (Å²) in [5, 5.41) is 35.8. The third kappa shape index (κ3) is 7.99. The zero-order chi connectivity index (χ0) is 24.3. The fourth-order valence-electron chi connectivity index (χ4n) is 3.85. The minimum absolute atomic E-state index is 0.0216. The lowest BCUT2D eigenvalue weighted by Gasteiger charge is -2.18. The van der Waals surface area contributed by atoms with Crippen molar-refractivity contribution in [2.75, 3.05) is 6.54 Å². The summed E-state index contributed by atoms with van der Waals surface area (Å²) < 4.78 is 0. The van der Waals surface area contributed by atoms with E-state index in [1.54, 1.807) is 12.1 Å². The number of hydrogen-bond acceptors (Lipinski definition) is 5. The first-order valence-electron chi connectivity index (χ1n) is 11.7. The first-order valence-corrected chi connectivity index (χ1v) is 11.7.